The summed E-state index contributed by atoms with van der Waals surface area (Å²) in [6.45, 7) is 0.164. The third kappa shape index (κ3) is 2.51. The number of ether oxygens (including phenoxy) is 1. The van der Waals surface area contributed by atoms with Crippen molar-refractivity contribution in [3.05, 3.63) is 63.9 Å². The molecule has 0 bridgehead atoms. The Balaban J connectivity index is 1.74. The molecule has 2 aromatic carbocycles. The minimum absolute atomic E-state index is 0.117. The maximum absolute atomic E-state index is 13.7. The first kappa shape index (κ1) is 13.4. The van der Waals surface area contributed by atoms with Gasteiger partial charge >= 0.3 is 0 Å². The zero-order chi connectivity index (χ0) is 14.1. The highest BCUT2D eigenvalue weighted by Crippen LogP contribution is 2.32. The van der Waals surface area contributed by atoms with Crippen molar-refractivity contribution < 1.29 is 9.13 Å². The third-order valence-corrected chi connectivity index (χ3v) is 3.96. The van der Waals surface area contributed by atoms with Gasteiger partial charge in [0, 0.05) is 11.6 Å². The normalized spacial score (nSPS) is 17.1. The molecule has 20 heavy (non-hydrogen) atoms. The maximum atomic E-state index is 13.7. The summed E-state index contributed by atoms with van der Waals surface area (Å²) in [5.41, 5.74) is 8.86. The topological polar surface area (TPSA) is 35.2 Å². The SMILES string of the molecule is N[C@H]1CCc2cc(OCc3cccc(Cl)c3F)ccc21. The number of nitrogens with two attached hydrogens (primary N) is 1. The van der Waals surface area contributed by atoms with E-state index in [1.807, 2.05) is 18.2 Å². The van der Waals surface area contributed by atoms with Crippen LogP contribution in [0.1, 0.15) is 29.2 Å². The van der Waals surface area contributed by atoms with Gasteiger partial charge in [0.2, 0.25) is 0 Å². The predicted octanol–water partition coefficient (Wildman–Crippen LogP) is 4.00. The van der Waals surface area contributed by atoms with Gasteiger partial charge in [0.1, 0.15) is 18.2 Å². The van der Waals surface area contributed by atoms with Crippen molar-refractivity contribution in [3.63, 3.8) is 0 Å². The van der Waals surface area contributed by atoms with Crippen LogP contribution in [0.15, 0.2) is 36.4 Å². The Labute approximate surface area is 122 Å². The lowest BCUT2D eigenvalue weighted by Gasteiger charge is -2.10. The Kier molecular flexibility index (Phi) is 3.64. The summed E-state index contributed by atoms with van der Waals surface area (Å²) in [6, 6.07) is 10.9. The maximum Gasteiger partial charge on any atom is 0.148 e. The van der Waals surface area contributed by atoms with E-state index in [1.165, 1.54) is 17.2 Å². The van der Waals surface area contributed by atoms with Gasteiger partial charge < -0.3 is 10.5 Å². The van der Waals surface area contributed by atoms with Crippen molar-refractivity contribution in [2.75, 3.05) is 0 Å². The van der Waals surface area contributed by atoms with E-state index in [2.05, 4.69) is 0 Å². The molecule has 2 N–H and O–H groups in total. The van der Waals surface area contributed by atoms with Gasteiger partial charge in [0.15, 0.2) is 0 Å². The lowest BCUT2D eigenvalue weighted by Crippen LogP contribution is -2.05. The molecule has 1 aliphatic carbocycles. The number of aryl methyl sites for hydroxylation is 1. The third-order valence-electron chi connectivity index (χ3n) is 3.66. The fourth-order valence-corrected chi connectivity index (χ4v) is 2.73. The zero-order valence-corrected chi connectivity index (χ0v) is 11.7. The summed E-state index contributed by atoms with van der Waals surface area (Å²) in [5, 5.41) is 0.117. The summed E-state index contributed by atoms with van der Waals surface area (Å²) in [6.07, 6.45) is 1.95. The standard InChI is InChI=1S/C16H15ClFNO/c17-14-3-1-2-11(16(14)18)9-20-12-5-6-13-10(8-12)4-7-15(13)19/h1-3,5-6,8,15H,4,7,9,19H2/t15-/m0/s1. The minimum atomic E-state index is -0.419. The number of hydrogen-bond acceptors (Lipinski definition) is 2. The van der Waals surface area contributed by atoms with Crippen molar-refractivity contribution >= 4 is 11.6 Å². The molecule has 2 nitrogen and oxygen atoms in total. The van der Waals surface area contributed by atoms with E-state index in [9.17, 15) is 4.39 Å². The molecule has 0 aromatic heterocycles. The fourth-order valence-electron chi connectivity index (χ4n) is 2.54. The quantitative estimate of drug-likeness (QED) is 0.927. The van der Waals surface area contributed by atoms with Crippen LogP contribution in [0.25, 0.3) is 0 Å². The molecule has 0 saturated carbocycles. The van der Waals surface area contributed by atoms with E-state index in [0.29, 0.717) is 5.56 Å². The van der Waals surface area contributed by atoms with Crippen LogP contribution in [-0.4, -0.2) is 0 Å². The zero-order valence-electron chi connectivity index (χ0n) is 10.9. The van der Waals surface area contributed by atoms with Crippen LogP contribution in [0.5, 0.6) is 5.75 Å². The van der Waals surface area contributed by atoms with Crippen LogP contribution in [0.4, 0.5) is 4.39 Å². The first-order valence-corrected chi connectivity index (χ1v) is 6.97. The Morgan fingerprint density at radius 3 is 3.00 bits per heavy atom. The Morgan fingerprint density at radius 1 is 1.30 bits per heavy atom. The smallest absolute Gasteiger partial charge is 0.148 e. The summed E-state index contributed by atoms with van der Waals surface area (Å²) in [4.78, 5) is 0. The molecule has 0 aliphatic heterocycles. The van der Waals surface area contributed by atoms with Gasteiger partial charge in [0.05, 0.1) is 5.02 Å². The number of hydrogen-bond donors (Lipinski definition) is 1. The molecule has 0 amide bonds. The Morgan fingerprint density at radius 2 is 2.15 bits per heavy atom. The average molecular weight is 292 g/mol. The molecule has 1 atom stereocenters. The van der Waals surface area contributed by atoms with E-state index < -0.39 is 5.82 Å². The molecular formula is C16H15ClFNO. The van der Waals surface area contributed by atoms with E-state index in [-0.39, 0.29) is 17.7 Å². The van der Waals surface area contributed by atoms with Crippen LogP contribution < -0.4 is 10.5 Å². The highest BCUT2D eigenvalue weighted by Gasteiger charge is 2.19. The molecule has 0 fully saturated rings. The van der Waals surface area contributed by atoms with E-state index >= 15 is 0 Å². The summed E-state index contributed by atoms with van der Waals surface area (Å²) in [7, 11) is 0. The lowest BCUT2D eigenvalue weighted by atomic mass is 10.1. The Hall–Kier alpha value is -1.58. The molecular weight excluding hydrogens is 277 g/mol. The summed E-state index contributed by atoms with van der Waals surface area (Å²) >= 11 is 5.74. The number of rotatable bonds is 3. The molecule has 3 rings (SSSR count). The van der Waals surface area contributed by atoms with Gasteiger partial charge in [0.25, 0.3) is 0 Å². The van der Waals surface area contributed by atoms with E-state index in [1.54, 1.807) is 12.1 Å². The van der Waals surface area contributed by atoms with Gasteiger partial charge in [-0.05, 0) is 42.2 Å². The van der Waals surface area contributed by atoms with Gasteiger partial charge in [-0.3, -0.25) is 0 Å². The first-order valence-electron chi connectivity index (χ1n) is 6.59. The first-order chi connectivity index (χ1) is 9.65. The van der Waals surface area contributed by atoms with E-state index in [4.69, 9.17) is 22.1 Å². The van der Waals surface area contributed by atoms with Gasteiger partial charge in [-0.15, -0.1) is 0 Å². The number of halogens is 2. The lowest BCUT2D eigenvalue weighted by molar-refractivity contribution is 0.299. The minimum Gasteiger partial charge on any atom is -0.489 e. The van der Waals surface area contributed by atoms with Crippen molar-refractivity contribution in [1.82, 2.24) is 0 Å². The van der Waals surface area contributed by atoms with Gasteiger partial charge in [-0.1, -0.05) is 29.8 Å². The molecule has 0 unspecified atom stereocenters. The summed E-state index contributed by atoms with van der Waals surface area (Å²) in [5.74, 6) is 0.314. The average Bonchev–Trinajstić information content (AvgIpc) is 2.82. The van der Waals surface area contributed by atoms with Crippen molar-refractivity contribution in [2.24, 2.45) is 5.73 Å². The van der Waals surface area contributed by atoms with Crippen LogP contribution in [0.3, 0.4) is 0 Å². The molecule has 1 aliphatic rings. The van der Waals surface area contributed by atoms with Crippen LogP contribution >= 0.6 is 11.6 Å². The second-order valence-electron chi connectivity index (χ2n) is 5.01. The number of fused-ring (bicyclic) bond motifs is 1. The summed E-state index contributed by atoms with van der Waals surface area (Å²) < 4.78 is 19.4. The van der Waals surface area contributed by atoms with Gasteiger partial charge in [-0.2, -0.15) is 0 Å². The van der Waals surface area contributed by atoms with E-state index in [0.717, 1.165) is 18.6 Å². The molecule has 2 aromatic rings. The highest BCUT2D eigenvalue weighted by molar-refractivity contribution is 6.30. The van der Waals surface area contributed by atoms with Crippen molar-refractivity contribution in [1.29, 1.82) is 0 Å². The second kappa shape index (κ2) is 5.43. The highest BCUT2D eigenvalue weighted by atomic mass is 35.5. The number of benzene rings is 2. The monoisotopic (exact) mass is 291 g/mol. The van der Waals surface area contributed by atoms with Crippen LogP contribution in [0.2, 0.25) is 5.02 Å². The van der Waals surface area contributed by atoms with Crippen LogP contribution in [-0.2, 0) is 13.0 Å². The van der Waals surface area contributed by atoms with Crippen molar-refractivity contribution in [2.45, 2.75) is 25.5 Å². The van der Waals surface area contributed by atoms with Gasteiger partial charge in [-0.25, -0.2) is 4.39 Å². The Bertz CT molecular complexity index is 644. The van der Waals surface area contributed by atoms with Crippen molar-refractivity contribution in [3.8, 4) is 5.75 Å². The largest absolute Gasteiger partial charge is 0.489 e. The molecule has 0 heterocycles. The molecule has 104 valence electrons. The molecule has 4 heteroatoms. The predicted molar refractivity (Wildman–Crippen MR) is 77.4 cm³/mol. The molecule has 0 saturated heterocycles. The molecule has 0 radical (unpaired) electrons. The second-order valence-corrected chi connectivity index (χ2v) is 5.41. The fraction of sp³-hybridized carbons (Fsp3) is 0.250. The molecule has 0 spiro atoms. The van der Waals surface area contributed by atoms with Crippen LogP contribution in [0, 0.1) is 5.82 Å².